The number of hydrogen-bond donors (Lipinski definition) is 0. The lowest BCUT2D eigenvalue weighted by molar-refractivity contribution is -0.131. The number of hydrogen-bond acceptors (Lipinski definition) is 7. The molecule has 0 aliphatic carbocycles. The van der Waals surface area contributed by atoms with E-state index >= 15 is 0 Å². The van der Waals surface area contributed by atoms with E-state index in [2.05, 4.69) is 32.7 Å². The van der Waals surface area contributed by atoms with E-state index < -0.39 is 23.6 Å². The SMILES string of the molecule is [C-]#[N+]C[C@H]1CN(c2nc(OCC34CCCN3C(=C)CC4)nc3c2CCN(c2cccc4ccc(F)c(Cl)c24)C3)CCN1C(=O)C(=C)F. The topological polar surface area (TPSA) is 69.4 Å². The molecule has 5 heterocycles. The predicted octanol–water partition coefficient (Wildman–Crippen LogP) is 5.93. The number of halogens is 3. The van der Waals surface area contributed by atoms with Gasteiger partial charge in [-0.3, -0.25) is 4.79 Å². The molecule has 0 spiro atoms. The smallest absolute Gasteiger partial charge is 0.318 e. The molecule has 4 aliphatic rings. The Morgan fingerprint density at radius 3 is 2.79 bits per heavy atom. The van der Waals surface area contributed by atoms with Crippen molar-refractivity contribution < 1.29 is 18.3 Å². The van der Waals surface area contributed by atoms with Gasteiger partial charge in [0.15, 0.2) is 5.83 Å². The van der Waals surface area contributed by atoms with Crippen molar-refractivity contribution >= 4 is 39.8 Å². The van der Waals surface area contributed by atoms with E-state index in [1.165, 1.54) is 11.0 Å². The monoisotopic (exact) mass is 659 g/mol. The summed E-state index contributed by atoms with van der Waals surface area (Å²) < 4.78 is 35.0. The van der Waals surface area contributed by atoms with E-state index in [1.54, 1.807) is 6.07 Å². The van der Waals surface area contributed by atoms with E-state index in [1.807, 2.05) is 18.2 Å². The van der Waals surface area contributed by atoms with Gasteiger partial charge >= 0.3 is 6.01 Å². The quantitative estimate of drug-likeness (QED) is 0.230. The van der Waals surface area contributed by atoms with Gasteiger partial charge in [-0.25, -0.2) is 15.4 Å². The second-order valence-corrected chi connectivity index (χ2v) is 13.2. The van der Waals surface area contributed by atoms with E-state index in [9.17, 15) is 13.6 Å². The summed E-state index contributed by atoms with van der Waals surface area (Å²) in [5.41, 5.74) is 3.59. The van der Waals surface area contributed by atoms with Crippen molar-refractivity contribution in [1.82, 2.24) is 19.8 Å². The maximum Gasteiger partial charge on any atom is 0.318 e. The molecular formula is C35H36ClF2N7O2. The lowest BCUT2D eigenvalue weighted by atomic mass is 9.95. The number of rotatable bonds is 7. The van der Waals surface area contributed by atoms with Crippen molar-refractivity contribution in [2.24, 2.45) is 0 Å². The molecule has 0 N–H and O–H groups in total. The fourth-order valence-corrected chi connectivity index (χ4v) is 8.10. The van der Waals surface area contributed by atoms with Crippen molar-refractivity contribution in [2.45, 2.75) is 50.2 Å². The number of carbonyl (C=O) groups excluding carboxylic acids is 1. The van der Waals surface area contributed by atoms with Gasteiger partial charge in [-0.1, -0.05) is 43.0 Å². The molecule has 1 unspecified atom stereocenters. The van der Waals surface area contributed by atoms with Gasteiger partial charge in [0.2, 0.25) is 6.54 Å². The van der Waals surface area contributed by atoms with Crippen molar-refractivity contribution in [3.63, 3.8) is 0 Å². The van der Waals surface area contributed by atoms with Crippen molar-refractivity contribution in [2.75, 3.05) is 55.7 Å². The summed E-state index contributed by atoms with van der Waals surface area (Å²) >= 11 is 6.51. The minimum atomic E-state index is -1.04. The first kappa shape index (κ1) is 31.2. The largest absolute Gasteiger partial charge is 0.461 e. The molecule has 7 rings (SSSR count). The molecule has 2 atom stereocenters. The molecule has 47 heavy (non-hydrogen) atoms. The molecule has 12 heteroatoms. The van der Waals surface area contributed by atoms with E-state index in [4.69, 9.17) is 32.9 Å². The zero-order chi connectivity index (χ0) is 32.9. The van der Waals surface area contributed by atoms with Crippen LogP contribution in [0, 0.1) is 12.4 Å². The average Bonchev–Trinajstić information content (AvgIpc) is 3.64. The van der Waals surface area contributed by atoms with Crippen LogP contribution in [0.1, 0.15) is 36.9 Å². The molecule has 0 radical (unpaired) electrons. The van der Waals surface area contributed by atoms with Crippen LogP contribution in [0.15, 0.2) is 55.0 Å². The Hall–Kier alpha value is -4.43. The van der Waals surface area contributed by atoms with Crippen molar-refractivity contribution in [3.8, 4) is 6.01 Å². The Labute approximate surface area is 277 Å². The number of fused-ring (bicyclic) bond motifs is 3. The van der Waals surface area contributed by atoms with Crippen LogP contribution in [-0.2, 0) is 17.8 Å². The Kier molecular flexibility index (Phi) is 8.16. The average molecular weight is 660 g/mol. The summed E-state index contributed by atoms with van der Waals surface area (Å²) in [5, 5.41) is 1.59. The fourth-order valence-electron chi connectivity index (χ4n) is 7.83. The third-order valence-electron chi connectivity index (χ3n) is 10.2. The Morgan fingerprint density at radius 1 is 1.13 bits per heavy atom. The standard InChI is InChI=1S/C35H36ClF2N7O2/c1-22-10-13-35(12-5-14-45(22)35)21-47-34-40-28-20-42(29-7-4-6-24-8-9-27(38)31(36)30(24)29)15-11-26(28)32(41-34)43-16-17-44(33(46)23(2)37)25(19-43)18-39-3/h4,6-9,25H,1-2,5,10-21H2/t25-,35?/m0/s1. The number of amides is 1. The first-order valence-electron chi connectivity index (χ1n) is 16.0. The summed E-state index contributed by atoms with van der Waals surface area (Å²) in [6, 6.07) is 8.65. The summed E-state index contributed by atoms with van der Waals surface area (Å²) in [7, 11) is 0. The van der Waals surface area contributed by atoms with Gasteiger partial charge < -0.3 is 29.2 Å². The number of benzene rings is 2. The minimum absolute atomic E-state index is 0.0283. The molecule has 3 saturated heterocycles. The highest BCUT2D eigenvalue weighted by Crippen LogP contribution is 2.44. The number of anilines is 2. The van der Waals surface area contributed by atoms with Gasteiger partial charge in [-0.2, -0.15) is 9.97 Å². The van der Waals surface area contributed by atoms with Crippen LogP contribution < -0.4 is 14.5 Å². The van der Waals surface area contributed by atoms with Crippen LogP contribution in [0.25, 0.3) is 15.6 Å². The van der Waals surface area contributed by atoms with Gasteiger partial charge in [-0.15, -0.1) is 0 Å². The first-order chi connectivity index (χ1) is 22.7. The molecule has 2 aromatic carbocycles. The predicted molar refractivity (Wildman–Crippen MR) is 178 cm³/mol. The number of carbonyl (C=O) groups is 1. The molecule has 0 bridgehead atoms. The molecular weight excluding hydrogens is 624 g/mol. The summed E-state index contributed by atoms with van der Waals surface area (Å²) in [4.78, 5) is 34.0. The van der Waals surface area contributed by atoms with Gasteiger partial charge in [0.25, 0.3) is 5.91 Å². The van der Waals surface area contributed by atoms with Gasteiger partial charge in [0, 0.05) is 55.1 Å². The third kappa shape index (κ3) is 5.52. The van der Waals surface area contributed by atoms with Gasteiger partial charge in [-0.05, 0) is 49.6 Å². The molecule has 3 fully saturated rings. The summed E-state index contributed by atoms with van der Waals surface area (Å²) in [6.45, 7) is 18.3. The van der Waals surface area contributed by atoms with E-state index in [-0.39, 0.29) is 29.7 Å². The lowest BCUT2D eigenvalue weighted by Gasteiger charge is -2.41. The van der Waals surface area contributed by atoms with Gasteiger partial charge in [0.05, 0.1) is 22.8 Å². The van der Waals surface area contributed by atoms with E-state index in [0.717, 1.165) is 60.3 Å². The van der Waals surface area contributed by atoms with Gasteiger partial charge in [0.1, 0.15) is 24.3 Å². The molecule has 244 valence electrons. The van der Waals surface area contributed by atoms with Crippen LogP contribution >= 0.6 is 11.6 Å². The Balaban J connectivity index is 1.24. The summed E-state index contributed by atoms with van der Waals surface area (Å²) in [6.07, 6.45) is 4.62. The second-order valence-electron chi connectivity index (χ2n) is 12.8. The number of aromatic nitrogens is 2. The zero-order valence-corrected chi connectivity index (χ0v) is 26.9. The normalized spacial score (nSPS) is 22.3. The fraction of sp³-hybridized carbons (Fsp3) is 0.429. The van der Waals surface area contributed by atoms with Crippen LogP contribution in [-0.4, -0.2) is 83.1 Å². The first-order valence-corrected chi connectivity index (χ1v) is 16.4. The third-order valence-corrected chi connectivity index (χ3v) is 10.6. The molecule has 3 aromatic rings. The van der Waals surface area contributed by atoms with Crippen LogP contribution in [0.5, 0.6) is 6.01 Å². The molecule has 1 amide bonds. The van der Waals surface area contributed by atoms with Crippen LogP contribution in [0.4, 0.5) is 20.3 Å². The number of ether oxygens (including phenoxy) is 1. The Morgan fingerprint density at radius 2 is 1.98 bits per heavy atom. The highest BCUT2D eigenvalue weighted by atomic mass is 35.5. The molecule has 0 saturated carbocycles. The second kappa shape index (κ2) is 12.3. The zero-order valence-electron chi connectivity index (χ0n) is 26.2. The molecule has 9 nitrogen and oxygen atoms in total. The number of allylic oxidation sites excluding steroid dienone is 1. The number of nitrogens with zero attached hydrogens (tertiary/aromatic N) is 7. The highest BCUT2D eigenvalue weighted by molar-refractivity contribution is 6.36. The highest BCUT2D eigenvalue weighted by Gasteiger charge is 2.46. The minimum Gasteiger partial charge on any atom is -0.461 e. The van der Waals surface area contributed by atoms with Crippen LogP contribution in [0.2, 0.25) is 5.02 Å². The number of piperazine rings is 1. The van der Waals surface area contributed by atoms with Crippen LogP contribution in [0.3, 0.4) is 0 Å². The van der Waals surface area contributed by atoms with Crippen molar-refractivity contribution in [1.29, 1.82) is 0 Å². The Bertz CT molecular complexity index is 1830. The van der Waals surface area contributed by atoms with Crippen molar-refractivity contribution in [3.05, 3.63) is 88.5 Å². The molecule has 1 aromatic heterocycles. The van der Waals surface area contributed by atoms with E-state index in [0.29, 0.717) is 50.4 Å². The molecule has 4 aliphatic heterocycles. The maximum absolute atomic E-state index is 14.6. The maximum atomic E-state index is 14.6. The lowest BCUT2D eigenvalue weighted by Crippen LogP contribution is -2.57. The summed E-state index contributed by atoms with van der Waals surface area (Å²) in [5.74, 6) is -1.59.